The van der Waals surface area contributed by atoms with Crippen LogP contribution in [0.15, 0.2) is 24.0 Å². The Morgan fingerprint density at radius 1 is 1.33 bits per heavy atom. The lowest BCUT2D eigenvalue weighted by molar-refractivity contribution is -0.113. The third-order valence-corrected chi connectivity index (χ3v) is 3.57. The summed E-state index contributed by atoms with van der Waals surface area (Å²) in [6.07, 6.45) is 4.00. The van der Waals surface area contributed by atoms with E-state index in [2.05, 4.69) is 25.3 Å². The zero-order valence-electron chi connectivity index (χ0n) is 12.2. The standard InChI is InChI=1S/C13H21NO.C2H6.CH4/c1-6-14-11(4)9(2)7-8-13(14)10(3)12(5)15;1-2;/h6,9,11H,1,7-8H2,2-5H3;1-2H3;1H4/b13-10+;;. The maximum absolute atomic E-state index is 11.4. The van der Waals surface area contributed by atoms with Gasteiger partial charge in [-0.25, -0.2) is 0 Å². The minimum atomic E-state index is 0. The Hall–Kier alpha value is -1.05. The van der Waals surface area contributed by atoms with Gasteiger partial charge in [-0.15, -0.1) is 0 Å². The first-order chi connectivity index (χ1) is 7.99. The molecule has 1 aliphatic rings. The van der Waals surface area contributed by atoms with Crippen LogP contribution in [0.1, 0.15) is 61.8 Å². The average molecular weight is 253 g/mol. The van der Waals surface area contributed by atoms with Gasteiger partial charge in [-0.1, -0.05) is 34.8 Å². The molecule has 1 saturated heterocycles. The van der Waals surface area contributed by atoms with Gasteiger partial charge >= 0.3 is 0 Å². The molecule has 0 spiro atoms. The second-order valence-corrected chi connectivity index (χ2v) is 4.47. The summed E-state index contributed by atoms with van der Waals surface area (Å²) in [4.78, 5) is 13.5. The predicted octanol–water partition coefficient (Wildman–Crippen LogP) is 4.78. The van der Waals surface area contributed by atoms with Crippen molar-refractivity contribution in [3.05, 3.63) is 24.0 Å². The topological polar surface area (TPSA) is 20.3 Å². The number of Topliss-reactive ketones (excluding diaryl/α,β-unsaturated/α-hetero) is 1. The number of hydrogen-bond donors (Lipinski definition) is 0. The molecule has 2 heteroatoms. The lowest BCUT2D eigenvalue weighted by Crippen LogP contribution is -2.38. The molecule has 1 aliphatic heterocycles. The Morgan fingerprint density at radius 2 is 1.83 bits per heavy atom. The van der Waals surface area contributed by atoms with Gasteiger partial charge in [0.25, 0.3) is 0 Å². The third kappa shape index (κ3) is 4.32. The van der Waals surface area contributed by atoms with Gasteiger partial charge in [-0.3, -0.25) is 4.79 Å². The minimum Gasteiger partial charge on any atom is -0.349 e. The molecular weight excluding hydrogens is 222 g/mol. The number of carbonyl (C=O) groups is 1. The lowest BCUT2D eigenvalue weighted by atomic mass is 9.88. The molecule has 1 fully saturated rings. The zero-order valence-corrected chi connectivity index (χ0v) is 12.2. The fraction of sp³-hybridized carbons (Fsp3) is 0.688. The summed E-state index contributed by atoms with van der Waals surface area (Å²) >= 11 is 0. The molecule has 2 unspecified atom stereocenters. The second kappa shape index (κ2) is 8.96. The summed E-state index contributed by atoms with van der Waals surface area (Å²) in [6.45, 7) is 15.8. The fourth-order valence-corrected chi connectivity index (χ4v) is 2.12. The van der Waals surface area contributed by atoms with Gasteiger partial charge in [-0.05, 0) is 45.7 Å². The first-order valence-electron chi connectivity index (χ1n) is 6.60. The van der Waals surface area contributed by atoms with Crippen molar-refractivity contribution in [3.63, 3.8) is 0 Å². The number of allylic oxidation sites excluding steroid dienone is 2. The van der Waals surface area contributed by atoms with Gasteiger partial charge in [0.2, 0.25) is 0 Å². The maximum Gasteiger partial charge on any atom is 0.157 e. The number of likely N-dealkylation sites (tertiary alicyclic amines) is 1. The summed E-state index contributed by atoms with van der Waals surface area (Å²) in [7, 11) is 0. The van der Waals surface area contributed by atoms with Gasteiger partial charge < -0.3 is 4.90 Å². The largest absolute Gasteiger partial charge is 0.349 e. The van der Waals surface area contributed by atoms with Crippen molar-refractivity contribution in [2.75, 3.05) is 0 Å². The molecule has 0 N–H and O–H groups in total. The number of carbonyl (C=O) groups excluding carboxylic acids is 1. The third-order valence-electron chi connectivity index (χ3n) is 3.57. The van der Waals surface area contributed by atoms with E-state index in [0.717, 1.165) is 24.1 Å². The molecule has 0 amide bonds. The molecule has 0 aromatic rings. The smallest absolute Gasteiger partial charge is 0.157 e. The van der Waals surface area contributed by atoms with E-state index in [4.69, 9.17) is 0 Å². The van der Waals surface area contributed by atoms with Crippen LogP contribution >= 0.6 is 0 Å². The highest BCUT2D eigenvalue weighted by Gasteiger charge is 2.27. The van der Waals surface area contributed by atoms with E-state index in [-0.39, 0.29) is 13.2 Å². The molecule has 0 radical (unpaired) electrons. The van der Waals surface area contributed by atoms with E-state index in [1.165, 1.54) is 0 Å². The molecular formula is C16H31NO. The minimum absolute atomic E-state index is 0. The van der Waals surface area contributed by atoms with Crippen molar-refractivity contribution >= 4 is 5.78 Å². The number of nitrogens with zero attached hydrogens (tertiary/aromatic N) is 1. The molecule has 0 saturated carbocycles. The summed E-state index contributed by atoms with van der Waals surface area (Å²) in [5.41, 5.74) is 2.04. The van der Waals surface area contributed by atoms with E-state index >= 15 is 0 Å². The van der Waals surface area contributed by atoms with Crippen molar-refractivity contribution in [1.29, 1.82) is 0 Å². The molecule has 1 heterocycles. The fourth-order valence-electron chi connectivity index (χ4n) is 2.12. The van der Waals surface area contributed by atoms with E-state index in [1.54, 1.807) is 6.92 Å². The molecule has 0 bridgehead atoms. The Kier molecular flexibility index (Phi) is 9.60. The van der Waals surface area contributed by atoms with Crippen LogP contribution in [0.3, 0.4) is 0 Å². The maximum atomic E-state index is 11.4. The molecule has 106 valence electrons. The predicted molar refractivity (Wildman–Crippen MR) is 81.4 cm³/mol. The molecule has 0 aliphatic carbocycles. The number of hydrogen-bond acceptors (Lipinski definition) is 2. The Balaban J connectivity index is 0. The second-order valence-electron chi connectivity index (χ2n) is 4.47. The zero-order chi connectivity index (χ0) is 13.6. The molecule has 1 rings (SSSR count). The Labute approximate surface area is 114 Å². The van der Waals surface area contributed by atoms with Gasteiger partial charge in [0.05, 0.1) is 0 Å². The molecule has 18 heavy (non-hydrogen) atoms. The van der Waals surface area contributed by atoms with E-state index in [0.29, 0.717) is 12.0 Å². The van der Waals surface area contributed by atoms with Crippen molar-refractivity contribution in [2.45, 2.75) is 67.9 Å². The first kappa shape index (κ1) is 19.3. The summed E-state index contributed by atoms with van der Waals surface area (Å²) in [6, 6.07) is 0.445. The normalized spacial score (nSPS) is 25.3. The SMILES string of the molecule is C.C=CN1/C(=C(\C)C(C)=O)CCC(C)C1C.CC. The van der Waals surface area contributed by atoms with Gasteiger partial charge in [0.1, 0.15) is 0 Å². The highest BCUT2D eigenvalue weighted by atomic mass is 16.1. The van der Waals surface area contributed by atoms with Crippen LogP contribution in [-0.2, 0) is 4.79 Å². The van der Waals surface area contributed by atoms with Crippen LogP contribution in [0, 0.1) is 5.92 Å². The van der Waals surface area contributed by atoms with Crippen molar-refractivity contribution in [1.82, 2.24) is 4.90 Å². The van der Waals surface area contributed by atoms with Crippen LogP contribution in [0.5, 0.6) is 0 Å². The van der Waals surface area contributed by atoms with Crippen molar-refractivity contribution in [2.24, 2.45) is 5.92 Å². The average Bonchev–Trinajstić information content (AvgIpc) is 2.34. The highest BCUT2D eigenvalue weighted by molar-refractivity contribution is 5.93. The summed E-state index contributed by atoms with van der Waals surface area (Å²) in [5.74, 6) is 0.824. The van der Waals surface area contributed by atoms with Gasteiger partial charge in [-0.2, -0.15) is 0 Å². The van der Waals surface area contributed by atoms with Crippen LogP contribution in [-0.4, -0.2) is 16.7 Å². The number of piperidine rings is 1. The molecule has 0 aromatic heterocycles. The van der Waals surface area contributed by atoms with Gasteiger partial charge in [0, 0.05) is 17.3 Å². The highest BCUT2D eigenvalue weighted by Crippen LogP contribution is 2.32. The van der Waals surface area contributed by atoms with Gasteiger partial charge in [0.15, 0.2) is 5.78 Å². The van der Waals surface area contributed by atoms with E-state index in [1.807, 2.05) is 27.0 Å². The summed E-state index contributed by atoms with van der Waals surface area (Å²) in [5, 5.41) is 0. The first-order valence-corrected chi connectivity index (χ1v) is 6.60. The van der Waals surface area contributed by atoms with Crippen LogP contribution in [0.25, 0.3) is 0 Å². The molecule has 0 aromatic carbocycles. The number of rotatable bonds is 2. The Bertz CT molecular complexity index is 304. The quantitative estimate of drug-likeness (QED) is 0.660. The number of ketones is 1. The molecule has 2 atom stereocenters. The monoisotopic (exact) mass is 253 g/mol. The molecule has 2 nitrogen and oxygen atoms in total. The van der Waals surface area contributed by atoms with Crippen LogP contribution in [0.4, 0.5) is 0 Å². The Morgan fingerprint density at radius 3 is 2.22 bits per heavy atom. The van der Waals surface area contributed by atoms with E-state index < -0.39 is 0 Å². The summed E-state index contributed by atoms with van der Waals surface area (Å²) < 4.78 is 0. The lowest BCUT2D eigenvalue weighted by Gasteiger charge is -2.40. The van der Waals surface area contributed by atoms with Crippen LogP contribution < -0.4 is 0 Å². The van der Waals surface area contributed by atoms with Crippen LogP contribution in [0.2, 0.25) is 0 Å². The van der Waals surface area contributed by atoms with Crippen molar-refractivity contribution in [3.8, 4) is 0 Å². The van der Waals surface area contributed by atoms with Crippen molar-refractivity contribution < 1.29 is 4.79 Å². The van der Waals surface area contributed by atoms with E-state index in [9.17, 15) is 4.79 Å².